The number of rotatable bonds is 6. The molecule has 108 valence electrons. The van der Waals surface area contributed by atoms with Crippen LogP contribution in [0.4, 0.5) is 24.5 Å². The summed E-state index contributed by atoms with van der Waals surface area (Å²) in [6, 6.07) is 1.46. The molecule has 6 heteroatoms. The monoisotopic (exact) mass is 275 g/mol. The van der Waals surface area contributed by atoms with Gasteiger partial charge in [0.05, 0.1) is 23.8 Å². The van der Waals surface area contributed by atoms with E-state index in [1.165, 1.54) is 11.1 Å². The summed E-state index contributed by atoms with van der Waals surface area (Å²) < 4.78 is 37.7. The van der Waals surface area contributed by atoms with Gasteiger partial charge in [0.15, 0.2) is 0 Å². The van der Waals surface area contributed by atoms with Crippen molar-refractivity contribution >= 4 is 11.4 Å². The Bertz CT molecular complexity index is 391. The average Bonchev–Trinajstić information content (AvgIpc) is 2.32. The van der Waals surface area contributed by atoms with E-state index < -0.39 is 12.7 Å². The van der Waals surface area contributed by atoms with Crippen LogP contribution in [0.25, 0.3) is 0 Å². The molecule has 3 nitrogen and oxygen atoms in total. The van der Waals surface area contributed by atoms with Crippen molar-refractivity contribution in [2.75, 3.05) is 23.3 Å². The molecule has 0 amide bonds. The van der Waals surface area contributed by atoms with Crippen molar-refractivity contribution in [1.82, 2.24) is 4.98 Å². The quantitative estimate of drug-likeness (QED) is 0.858. The Morgan fingerprint density at radius 2 is 2.00 bits per heavy atom. The first-order valence-electron chi connectivity index (χ1n) is 6.35. The Balaban J connectivity index is 2.90. The smallest absolute Gasteiger partial charge is 0.384 e. The Labute approximate surface area is 111 Å². The molecule has 1 aromatic heterocycles. The highest BCUT2D eigenvalue weighted by Crippen LogP contribution is 2.25. The summed E-state index contributed by atoms with van der Waals surface area (Å²) in [6.45, 7) is 5.29. The van der Waals surface area contributed by atoms with Crippen molar-refractivity contribution < 1.29 is 13.2 Å². The molecule has 0 aliphatic carbocycles. The fourth-order valence-corrected chi connectivity index (χ4v) is 1.72. The van der Waals surface area contributed by atoms with Gasteiger partial charge in [0.2, 0.25) is 0 Å². The Morgan fingerprint density at radius 1 is 1.32 bits per heavy atom. The van der Waals surface area contributed by atoms with Crippen molar-refractivity contribution in [1.29, 1.82) is 0 Å². The number of aromatic nitrogens is 1. The molecule has 0 fully saturated rings. The van der Waals surface area contributed by atoms with Gasteiger partial charge in [-0.15, -0.1) is 0 Å². The van der Waals surface area contributed by atoms with E-state index in [1.54, 1.807) is 26.1 Å². The topological polar surface area (TPSA) is 28.2 Å². The number of alkyl halides is 3. The third-order valence-electron chi connectivity index (χ3n) is 2.61. The maximum atomic E-state index is 12.6. The lowest BCUT2D eigenvalue weighted by Gasteiger charge is -2.29. The molecule has 1 heterocycles. The molecule has 0 unspecified atom stereocenters. The van der Waals surface area contributed by atoms with E-state index in [2.05, 4.69) is 10.3 Å². The summed E-state index contributed by atoms with van der Waals surface area (Å²) in [6.07, 6.45) is -0.202. The van der Waals surface area contributed by atoms with Gasteiger partial charge in [-0.05, 0) is 26.3 Å². The van der Waals surface area contributed by atoms with Crippen molar-refractivity contribution in [2.24, 2.45) is 0 Å². The maximum Gasteiger partial charge on any atom is 0.405 e. The minimum atomic E-state index is -4.23. The molecule has 1 N–H and O–H groups in total. The molecule has 19 heavy (non-hydrogen) atoms. The number of hydrogen-bond acceptors (Lipinski definition) is 3. The van der Waals surface area contributed by atoms with Gasteiger partial charge in [-0.3, -0.25) is 4.98 Å². The Hall–Kier alpha value is -1.46. The molecule has 1 aromatic rings. The largest absolute Gasteiger partial charge is 0.405 e. The van der Waals surface area contributed by atoms with Gasteiger partial charge >= 0.3 is 6.18 Å². The zero-order valence-corrected chi connectivity index (χ0v) is 11.5. The zero-order chi connectivity index (χ0) is 14.5. The second-order valence-electron chi connectivity index (χ2n) is 4.70. The van der Waals surface area contributed by atoms with E-state index >= 15 is 0 Å². The van der Waals surface area contributed by atoms with Crippen molar-refractivity contribution in [3.05, 3.63) is 18.5 Å². The summed E-state index contributed by atoms with van der Waals surface area (Å²) in [5.74, 6) is 0. The molecular weight excluding hydrogens is 255 g/mol. The van der Waals surface area contributed by atoms with Crippen LogP contribution in [0.3, 0.4) is 0 Å². The average molecular weight is 275 g/mol. The van der Waals surface area contributed by atoms with Crippen LogP contribution in [0, 0.1) is 0 Å². The second kappa shape index (κ2) is 6.63. The molecule has 0 spiro atoms. The van der Waals surface area contributed by atoms with Crippen LogP contribution in [0.1, 0.15) is 27.2 Å². The Morgan fingerprint density at radius 3 is 2.53 bits per heavy atom. The maximum absolute atomic E-state index is 12.6. The normalized spacial score (nSPS) is 11.7. The van der Waals surface area contributed by atoms with Gasteiger partial charge in [-0.2, -0.15) is 13.2 Å². The molecule has 0 aromatic carbocycles. The van der Waals surface area contributed by atoms with E-state index in [4.69, 9.17) is 0 Å². The SMILES string of the molecule is CCCNc1cncc(N(CC(F)(F)F)C(C)C)c1. The third-order valence-corrected chi connectivity index (χ3v) is 2.61. The number of halogens is 3. The van der Waals surface area contributed by atoms with Gasteiger partial charge in [0.25, 0.3) is 0 Å². The predicted octanol–water partition coefficient (Wildman–Crippen LogP) is 3.68. The minimum Gasteiger partial charge on any atom is -0.384 e. The van der Waals surface area contributed by atoms with E-state index in [9.17, 15) is 13.2 Å². The lowest BCUT2D eigenvalue weighted by atomic mass is 10.2. The van der Waals surface area contributed by atoms with Crippen molar-refractivity contribution in [2.45, 2.75) is 39.4 Å². The fraction of sp³-hybridized carbons (Fsp3) is 0.615. The summed E-state index contributed by atoms with van der Waals surface area (Å²) in [7, 11) is 0. The van der Waals surface area contributed by atoms with E-state index in [0.29, 0.717) is 5.69 Å². The Kier molecular flexibility index (Phi) is 5.44. The van der Waals surface area contributed by atoms with E-state index in [0.717, 1.165) is 18.7 Å². The first-order chi connectivity index (χ1) is 8.83. The van der Waals surface area contributed by atoms with Crippen LogP contribution < -0.4 is 10.2 Å². The van der Waals surface area contributed by atoms with Crippen LogP contribution in [-0.4, -0.2) is 30.3 Å². The summed E-state index contributed by atoms with van der Waals surface area (Å²) >= 11 is 0. The standard InChI is InChI=1S/C13H20F3N3/c1-4-5-18-11-6-12(8-17-7-11)19(10(2)3)9-13(14,15)16/h6-8,10,18H,4-5,9H2,1-3H3. The fourth-order valence-electron chi connectivity index (χ4n) is 1.72. The summed E-state index contributed by atoms with van der Waals surface area (Å²) in [5, 5.41) is 3.12. The zero-order valence-electron chi connectivity index (χ0n) is 11.5. The summed E-state index contributed by atoms with van der Waals surface area (Å²) in [4.78, 5) is 5.30. The van der Waals surface area contributed by atoms with E-state index in [1.807, 2.05) is 6.92 Å². The number of nitrogens with one attached hydrogen (secondary N) is 1. The van der Waals surface area contributed by atoms with Gasteiger partial charge in [-0.1, -0.05) is 6.92 Å². The number of nitrogens with zero attached hydrogens (tertiary/aromatic N) is 2. The molecule has 0 radical (unpaired) electrons. The lowest BCUT2D eigenvalue weighted by Crippen LogP contribution is -2.39. The van der Waals surface area contributed by atoms with Gasteiger partial charge in [0, 0.05) is 12.6 Å². The molecule has 0 bridgehead atoms. The molecule has 0 aliphatic heterocycles. The minimum absolute atomic E-state index is 0.246. The van der Waals surface area contributed by atoms with Crippen LogP contribution in [0.15, 0.2) is 18.5 Å². The highest BCUT2D eigenvalue weighted by molar-refractivity contribution is 5.56. The number of anilines is 2. The van der Waals surface area contributed by atoms with Crippen molar-refractivity contribution in [3.8, 4) is 0 Å². The highest BCUT2D eigenvalue weighted by atomic mass is 19.4. The molecule has 1 rings (SSSR count). The first-order valence-corrected chi connectivity index (χ1v) is 6.35. The highest BCUT2D eigenvalue weighted by Gasteiger charge is 2.32. The predicted molar refractivity (Wildman–Crippen MR) is 71.6 cm³/mol. The van der Waals surface area contributed by atoms with Gasteiger partial charge < -0.3 is 10.2 Å². The van der Waals surface area contributed by atoms with E-state index in [-0.39, 0.29) is 6.04 Å². The van der Waals surface area contributed by atoms with Crippen molar-refractivity contribution in [3.63, 3.8) is 0 Å². The molecular formula is C13H20F3N3. The van der Waals surface area contributed by atoms with Crippen LogP contribution in [0.2, 0.25) is 0 Å². The summed E-state index contributed by atoms with van der Waals surface area (Å²) in [5.41, 5.74) is 1.22. The third kappa shape index (κ3) is 5.36. The molecule has 0 atom stereocenters. The molecule has 0 saturated carbocycles. The number of pyridine rings is 1. The van der Waals surface area contributed by atoms with Gasteiger partial charge in [-0.25, -0.2) is 0 Å². The second-order valence-corrected chi connectivity index (χ2v) is 4.70. The van der Waals surface area contributed by atoms with Crippen LogP contribution in [-0.2, 0) is 0 Å². The lowest BCUT2D eigenvalue weighted by molar-refractivity contribution is -0.120. The number of hydrogen-bond donors (Lipinski definition) is 1. The molecule has 0 aliphatic rings. The van der Waals surface area contributed by atoms with Crippen LogP contribution >= 0.6 is 0 Å². The molecule has 0 saturated heterocycles. The first kappa shape index (κ1) is 15.6. The van der Waals surface area contributed by atoms with Gasteiger partial charge in [0.1, 0.15) is 6.54 Å². The van der Waals surface area contributed by atoms with Crippen LogP contribution in [0.5, 0.6) is 0 Å².